The van der Waals surface area contributed by atoms with Crippen molar-refractivity contribution >= 4 is 31.4 Å². The van der Waals surface area contributed by atoms with Crippen LogP contribution in [0.15, 0.2) is 0 Å². The van der Waals surface area contributed by atoms with Crippen LogP contribution >= 0.6 is 19.4 Å². The van der Waals surface area contributed by atoms with Crippen LogP contribution in [-0.2, 0) is 9.36 Å². The predicted octanol–water partition coefficient (Wildman–Crippen LogP) is -0.0470. The molecular formula is C10H17N2O6PS. The number of fused-ring (bicyclic) bond motifs is 1. The predicted molar refractivity (Wildman–Crippen MR) is 72.8 cm³/mol. The van der Waals surface area contributed by atoms with E-state index in [1.807, 2.05) is 0 Å². The number of aliphatic carboxylic acids is 1. The molecule has 0 aromatic rings. The van der Waals surface area contributed by atoms with Crippen molar-refractivity contribution in [1.82, 2.24) is 10.6 Å². The van der Waals surface area contributed by atoms with Crippen molar-refractivity contribution in [3.8, 4) is 0 Å². The molecule has 2 heterocycles. The molecule has 20 heavy (non-hydrogen) atoms. The number of amides is 2. The van der Waals surface area contributed by atoms with Crippen LogP contribution in [0.25, 0.3) is 0 Å². The van der Waals surface area contributed by atoms with E-state index in [-0.39, 0.29) is 29.8 Å². The van der Waals surface area contributed by atoms with Crippen LogP contribution in [0.5, 0.6) is 0 Å². The molecule has 0 bridgehead atoms. The van der Waals surface area contributed by atoms with Crippen molar-refractivity contribution < 1.29 is 29.0 Å². The summed E-state index contributed by atoms with van der Waals surface area (Å²) in [5, 5.41) is 14.6. The van der Waals surface area contributed by atoms with Crippen LogP contribution in [0.4, 0.5) is 4.79 Å². The molecule has 2 aliphatic heterocycles. The van der Waals surface area contributed by atoms with E-state index in [9.17, 15) is 14.2 Å². The number of rotatable bonds is 6. The zero-order valence-electron chi connectivity index (χ0n) is 10.6. The van der Waals surface area contributed by atoms with Gasteiger partial charge in [0.05, 0.1) is 12.1 Å². The van der Waals surface area contributed by atoms with Gasteiger partial charge in [0.15, 0.2) is 5.66 Å². The average Bonchev–Trinajstić information content (AvgIpc) is 2.82. The topological polar surface area (TPSA) is 136 Å². The van der Waals surface area contributed by atoms with Gasteiger partial charge in [-0.2, -0.15) is 11.8 Å². The highest BCUT2D eigenvalue weighted by atomic mass is 32.2. The third kappa shape index (κ3) is 3.46. The SMILES string of the molecule is O=C1N[C@H]2[C@H](CS[C@H]2CCCC(C(=O)O)P(=O)(O)O)N1. The number of thioether (sulfide) groups is 1. The second kappa shape index (κ2) is 5.93. The monoisotopic (exact) mass is 324 g/mol. The molecule has 0 aromatic carbocycles. The van der Waals surface area contributed by atoms with Gasteiger partial charge in [-0.3, -0.25) is 9.36 Å². The molecule has 2 fully saturated rings. The van der Waals surface area contributed by atoms with E-state index in [0.717, 1.165) is 5.75 Å². The molecular weight excluding hydrogens is 307 g/mol. The van der Waals surface area contributed by atoms with Crippen LogP contribution in [0.3, 0.4) is 0 Å². The number of carboxylic acids is 1. The fourth-order valence-electron chi connectivity index (χ4n) is 2.59. The summed E-state index contributed by atoms with van der Waals surface area (Å²) in [5.41, 5.74) is -1.64. The Balaban J connectivity index is 1.82. The maximum Gasteiger partial charge on any atom is 0.339 e. The van der Waals surface area contributed by atoms with Gasteiger partial charge in [0.25, 0.3) is 0 Å². The van der Waals surface area contributed by atoms with E-state index in [0.29, 0.717) is 12.8 Å². The molecule has 0 aliphatic carbocycles. The first-order valence-corrected chi connectivity index (χ1v) is 8.98. The number of carbonyl (C=O) groups is 2. The Morgan fingerprint density at radius 3 is 2.75 bits per heavy atom. The van der Waals surface area contributed by atoms with E-state index in [1.165, 1.54) is 0 Å². The Hall–Kier alpha value is -0.760. The lowest BCUT2D eigenvalue weighted by molar-refractivity contribution is -0.137. The summed E-state index contributed by atoms with van der Waals surface area (Å²) in [5.74, 6) is -0.666. The normalized spacial score (nSPS) is 30.5. The highest BCUT2D eigenvalue weighted by molar-refractivity contribution is 8.00. The Morgan fingerprint density at radius 2 is 2.15 bits per heavy atom. The van der Waals surface area contributed by atoms with Gasteiger partial charge < -0.3 is 25.5 Å². The second-order valence-corrected chi connectivity index (χ2v) is 8.07. The molecule has 0 saturated carbocycles. The Kier molecular flexibility index (Phi) is 4.63. The van der Waals surface area contributed by atoms with Crippen molar-refractivity contribution in [2.75, 3.05) is 5.75 Å². The molecule has 2 aliphatic rings. The molecule has 114 valence electrons. The van der Waals surface area contributed by atoms with Crippen LogP contribution in [0, 0.1) is 0 Å². The van der Waals surface area contributed by atoms with Crippen LogP contribution in [-0.4, -0.2) is 55.6 Å². The van der Waals surface area contributed by atoms with E-state index in [2.05, 4.69) is 10.6 Å². The number of carboxylic acid groups (broad SMARTS) is 1. The highest BCUT2D eigenvalue weighted by Gasteiger charge is 2.43. The van der Waals surface area contributed by atoms with Crippen molar-refractivity contribution in [1.29, 1.82) is 0 Å². The van der Waals surface area contributed by atoms with Gasteiger partial charge in [-0.05, 0) is 12.8 Å². The summed E-state index contributed by atoms with van der Waals surface area (Å²) >= 11 is 1.69. The van der Waals surface area contributed by atoms with Crippen molar-refractivity contribution in [3.63, 3.8) is 0 Å². The molecule has 4 atom stereocenters. The van der Waals surface area contributed by atoms with Gasteiger partial charge in [-0.1, -0.05) is 6.42 Å². The maximum atomic E-state index is 11.2. The Labute approximate surface area is 119 Å². The fourth-order valence-corrected chi connectivity index (χ4v) is 4.94. The van der Waals surface area contributed by atoms with Crippen LogP contribution in [0.1, 0.15) is 19.3 Å². The molecule has 0 radical (unpaired) electrons. The van der Waals surface area contributed by atoms with Gasteiger partial charge in [0.1, 0.15) is 0 Å². The molecule has 1 unspecified atom stereocenters. The lowest BCUT2D eigenvalue weighted by atomic mass is 10.0. The summed E-state index contributed by atoms with van der Waals surface area (Å²) in [6.45, 7) is 0. The van der Waals surface area contributed by atoms with Gasteiger partial charge in [0.2, 0.25) is 0 Å². The van der Waals surface area contributed by atoms with Crippen LogP contribution in [0.2, 0.25) is 0 Å². The maximum absolute atomic E-state index is 11.2. The number of urea groups is 1. The quantitative estimate of drug-likeness (QED) is 0.341. The Bertz CT molecular complexity index is 455. The first kappa shape index (κ1) is 15.6. The molecule has 2 saturated heterocycles. The van der Waals surface area contributed by atoms with E-state index >= 15 is 0 Å². The van der Waals surface area contributed by atoms with Gasteiger partial charge in [-0.15, -0.1) is 0 Å². The molecule has 8 nitrogen and oxygen atoms in total. The molecule has 2 amide bonds. The summed E-state index contributed by atoms with van der Waals surface area (Å²) in [6.07, 6.45) is 0.964. The van der Waals surface area contributed by atoms with E-state index in [1.54, 1.807) is 11.8 Å². The number of hydrogen-bond donors (Lipinski definition) is 5. The second-order valence-electron chi connectivity index (χ2n) is 5.00. The molecule has 10 heteroatoms. The standard InChI is InChI=1S/C10H17N2O6PS/c13-9(14)6(19(16,17)18)2-1-3-7-8-5(4-20-7)11-10(15)12-8/h5-8H,1-4H2,(H,13,14)(H2,11,12,15)(H2,16,17,18)/t5-,6?,7-,8-/m0/s1. The van der Waals surface area contributed by atoms with Crippen molar-refractivity contribution in [2.24, 2.45) is 0 Å². The number of nitrogens with one attached hydrogen (secondary N) is 2. The van der Waals surface area contributed by atoms with Gasteiger partial charge in [-0.25, -0.2) is 4.79 Å². The third-order valence-corrected chi connectivity index (χ3v) is 6.40. The van der Waals surface area contributed by atoms with E-state index in [4.69, 9.17) is 14.9 Å². The lowest BCUT2D eigenvalue weighted by Crippen LogP contribution is -2.36. The average molecular weight is 324 g/mol. The molecule has 0 spiro atoms. The van der Waals surface area contributed by atoms with E-state index < -0.39 is 19.2 Å². The summed E-state index contributed by atoms with van der Waals surface area (Å²) in [6, 6.07) is -0.0793. The minimum atomic E-state index is -4.61. The summed E-state index contributed by atoms with van der Waals surface area (Å²) in [7, 11) is -4.61. The van der Waals surface area contributed by atoms with Crippen LogP contribution < -0.4 is 10.6 Å². The minimum Gasteiger partial charge on any atom is -0.481 e. The largest absolute Gasteiger partial charge is 0.481 e. The third-order valence-electron chi connectivity index (χ3n) is 3.60. The highest BCUT2D eigenvalue weighted by Crippen LogP contribution is 2.44. The number of carbonyl (C=O) groups excluding carboxylic acids is 1. The first-order valence-electron chi connectivity index (χ1n) is 6.25. The lowest BCUT2D eigenvalue weighted by Gasteiger charge is -2.18. The summed E-state index contributed by atoms with van der Waals surface area (Å²) in [4.78, 5) is 40.0. The fraction of sp³-hybridized carbons (Fsp3) is 0.800. The zero-order valence-corrected chi connectivity index (χ0v) is 12.3. The molecule has 0 aromatic heterocycles. The smallest absolute Gasteiger partial charge is 0.339 e. The van der Waals surface area contributed by atoms with Gasteiger partial charge in [0, 0.05) is 11.0 Å². The van der Waals surface area contributed by atoms with Crippen molar-refractivity contribution in [3.05, 3.63) is 0 Å². The number of hydrogen-bond acceptors (Lipinski definition) is 4. The molecule has 2 rings (SSSR count). The minimum absolute atomic E-state index is 0.0193. The summed E-state index contributed by atoms with van der Waals surface area (Å²) < 4.78 is 11.1. The zero-order chi connectivity index (χ0) is 14.9. The Morgan fingerprint density at radius 1 is 1.45 bits per heavy atom. The first-order chi connectivity index (χ1) is 9.29. The van der Waals surface area contributed by atoms with Gasteiger partial charge >= 0.3 is 19.6 Å². The van der Waals surface area contributed by atoms with Crippen molar-refractivity contribution in [2.45, 2.75) is 42.3 Å². The molecule has 5 N–H and O–H groups in total.